The molecule has 1 aliphatic rings. The van der Waals surface area contributed by atoms with Crippen molar-refractivity contribution in [3.8, 4) is 11.5 Å². The van der Waals surface area contributed by atoms with E-state index in [-0.39, 0.29) is 24.0 Å². The monoisotopic (exact) mass is 287 g/mol. The molecule has 0 saturated carbocycles. The molecule has 1 aliphatic heterocycles. The SMILES string of the molecule is O=C(NCCc1ccc2c(c1)OCO2)c1ccc(=O)[nH]n1. The van der Waals surface area contributed by atoms with E-state index in [4.69, 9.17) is 9.47 Å². The van der Waals surface area contributed by atoms with E-state index in [1.807, 2.05) is 18.2 Å². The molecule has 7 nitrogen and oxygen atoms in total. The molecule has 1 aromatic carbocycles. The van der Waals surface area contributed by atoms with Gasteiger partial charge in [-0.3, -0.25) is 9.59 Å². The summed E-state index contributed by atoms with van der Waals surface area (Å²) in [6, 6.07) is 8.32. The molecule has 3 rings (SSSR count). The van der Waals surface area contributed by atoms with Crippen LogP contribution in [0.4, 0.5) is 0 Å². The lowest BCUT2D eigenvalue weighted by Crippen LogP contribution is -2.27. The fourth-order valence-electron chi connectivity index (χ4n) is 1.98. The van der Waals surface area contributed by atoms with E-state index in [0.29, 0.717) is 13.0 Å². The predicted molar refractivity (Wildman–Crippen MR) is 73.5 cm³/mol. The second kappa shape index (κ2) is 5.66. The lowest BCUT2D eigenvalue weighted by atomic mass is 10.1. The van der Waals surface area contributed by atoms with Crippen LogP contribution in [0.5, 0.6) is 11.5 Å². The van der Waals surface area contributed by atoms with Gasteiger partial charge in [0.25, 0.3) is 11.5 Å². The van der Waals surface area contributed by atoms with Crippen LogP contribution in [0.25, 0.3) is 0 Å². The number of benzene rings is 1. The molecule has 0 radical (unpaired) electrons. The van der Waals surface area contributed by atoms with Crippen molar-refractivity contribution in [2.75, 3.05) is 13.3 Å². The van der Waals surface area contributed by atoms with Crippen LogP contribution in [0.3, 0.4) is 0 Å². The highest BCUT2D eigenvalue weighted by Gasteiger charge is 2.13. The number of rotatable bonds is 4. The minimum Gasteiger partial charge on any atom is -0.454 e. The van der Waals surface area contributed by atoms with E-state index in [0.717, 1.165) is 17.1 Å². The molecule has 1 aromatic heterocycles. The number of nitrogens with zero attached hydrogens (tertiary/aromatic N) is 1. The van der Waals surface area contributed by atoms with Gasteiger partial charge in [0.05, 0.1) is 0 Å². The number of hydrogen-bond acceptors (Lipinski definition) is 5. The molecule has 21 heavy (non-hydrogen) atoms. The van der Waals surface area contributed by atoms with Crippen LogP contribution in [0.15, 0.2) is 35.1 Å². The third-order valence-corrected chi connectivity index (χ3v) is 3.05. The number of carbonyl (C=O) groups is 1. The average Bonchev–Trinajstić information content (AvgIpc) is 2.95. The summed E-state index contributed by atoms with van der Waals surface area (Å²) in [5, 5.41) is 8.62. The van der Waals surface area contributed by atoms with Gasteiger partial charge in [0, 0.05) is 12.6 Å². The highest BCUT2D eigenvalue weighted by molar-refractivity contribution is 5.91. The largest absolute Gasteiger partial charge is 0.454 e. The molecule has 2 aromatic rings. The van der Waals surface area contributed by atoms with E-state index in [9.17, 15) is 9.59 Å². The zero-order chi connectivity index (χ0) is 14.7. The highest BCUT2D eigenvalue weighted by Crippen LogP contribution is 2.32. The van der Waals surface area contributed by atoms with Crippen molar-refractivity contribution in [1.29, 1.82) is 0 Å². The summed E-state index contributed by atoms with van der Waals surface area (Å²) in [6.45, 7) is 0.701. The van der Waals surface area contributed by atoms with E-state index >= 15 is 0 Å². The zero-order valence-electron chi connectivity index (χ0n) is 11.1. The van der Waals surface area contributed by atoms with Gasteiger partial charge >= 0.3 is 0 Å². The smallest absolute Gasteiger partial charge is 0.271 e. The van der Waals surface area contributed by atoms with Gasteiger partial charge in [-0.1, -0.05) is 6.07 Å². The minimum atomic E-state index is -0.341. The number of nitrogens with one attached hydrogen (secondary N) is 2. The van der Waals surface area contributed by atoms with Crippen molar-refractivity contribution in [3.63, 3.8) is 0 Å². The molecule has 1 amide bonds. The highest BCUT2D eigenvalue weighted by atomic mass is 16.7. The molecule has 0 fully saturated rings. The number of H-pyrrole nitrogens is 1. The van der Waals surface area contributed by atoms with Crippen LogP contribution < -0.4 is 20.3 Å². The molecule has 2 N–H and O–H groups in total. The lowest BCUT2D eigenvalue weighted by Gasteiger charge is -2.05. The molecule has 2 heterocycles. The molecule has 108 valence electrons. The van der Waals surface area contributed by atoms with Crippen LogP contribution >= 0.6 is 0 Å². The minimum absolute atomic E-state index is 0.181. The molecular formula is C14H13N3O4. The van der Waals surface area contributed by atoms with Crippen LogP contribution in [-0.4, -0.2) is 29.4 Å². The van der Waals surface area contributed by atoms with Gasteiger partial charge < -0.3 is 14.8 Å². The number of amides is 1. The van der Waals surface area contributed by atoms with E-state index in [2.05, 4.69) is 15.5 Å². The van der Waals surface area contributed by atoms with E-state index < -0.39 is 0 Å². The summed E-state index contributed by atoms with van der Waals surface area (Å²) in [6.07, 6.45) is 0.658. The van der Waals surface area contributed by atoms with Crippen molar-refractivity contribution in [2.24, 2.45) is 0 Å². The van der Waals surface area contributed by atoms with Gasteiger partial charge in [-0.05, 0) is 30.2 Å². The maximum atomic E-state index is 11.8. The topological polar surface area (TPSA) is 93.3 Å². The summed E-state index contributed by atoms with van der Waals surface area (Å²) < 4.78 is 10.5. The average molecular weight is 287 g/mol. The first kappa shape index (κ1) is 13.2. The van der Waals surface area contributed by atoms with Crippen molar-refractivity contribution >= 4 is 5.91 Å². The van der Waals surface area contributed by atoms with Gasteiger partial charge in [-0.2, -0.15) is 5.10 Å². The zero-order valence-corrected chi connectivity index (χ0v) is 11.1. The van der Waals surface area contributed by atoms with Gasteiger partial charge in [0.15, 0.2) is 11.5 Å². The Bertz CT molecular complexity index is 706. The number of aromatic nitrogens is 2. The van der Waals surface area contributed by atoms with E-state index in [1.165, 1.54) is 12.1 Å². The van der Waals surface area contributed by atoms with Crippen molar-refractivity contribution in [3.05, 3.63) is 51.9 Å². The third-order valence-electron chi connectivity index (χ3n) is 3.05. The molecule has 0 atom stereocenters. The molecule has 7 heteroatoms. The maximum absolute atomic E-state index is 11.8. The van der Waals surface area contributed by atoms with Gasteiger partial charge in [-0.25, -0.2) is 5.10 Å². The summed E-state index contributed by atoms with van der Waals surface area (Å²) in [5.41, 5.74) is 0.876. The second-order valence-electron chi connectivity index (χ2n) is 4.50. The van der Waals surface area contributed by atoms with Crippen LogP contribution in [0, 0.1) is 0 Å². The quantitative estimate of drug-likeness (QED) is 0.852. The van der Waals surface area contributed by atoms with Crippen LogP contribution in [-0.2, 0) is 6.42 Å². The Labute approximate surface area is 119 Å². The van der Waals surface area contributed by atoms with Gasteiger partial charge in [0.1, 0.15) is 5.69 Å². The number of fused-ring (bicyclic) bond motifs is 1. The number of ether oxygens (including phenoxy) is 2. The second-order valence-corrected chi connectivity index (χ2v) is 4.50. The Balaban J connectivity index is 1.55. The number of hydrogen-bond donors (Lipinski definition) is 2. The summed E-state index contributed by atoms with van der Waals surface area (Å²) >= 11 is 0. The Kier molecular flexibility index (Phi) is 3.55. The van der Waals surface area contributed by atoms with Crippen LogP contribution in [0.2, 0.25) is 0 Å². The molecule has 0 saturated heterocycles. The van der Waals surface area contributed by atoms with Crippen molar-refractivity contribution in [1.82, 2.24) is 15.5 Å². The van der Waals surface area contributed by atoms with E-state index in [1.54, 1.807) is 0 Å². The third kappa shape index (κ3) is 3.02. The summed E-state index contributed by atoms with van der Waals surface area (Å²) in [4.78, 5) is 22.7. The summed E-state index contributed by atoms with van der Waals surface area (Å²) in [7, 11) is 0. The molecule has 0 spiro atoms. The first-order chi connectivity index (χ1) is 10.2. The Morgan fingerprint density at radius 1 is 1.24 bits per heavy atom. The Morgan fingerprint density at radius 3 is 2.90 bits per heavy atom. The summed E-state index contributed by atoms with van der Waals surface area (Å²) in [5.74, 6) is 1.13. The Morgan fingerprint density at radius 2 is 2.10 bits per heavy atom. The van der Waals surface area contributed by atoms with Gasteiger partial charge in [-0.15, -0.1) is 0 Å². The number of carbonyl (C=O) groups excluding carboxylic acids is 1. The fourth-order valence-corrected chi connectivity index (χ4v) is 1.98. The molecule has 0 unspecified atom stereocenters. The molecule has 0 bridgehead atoms. The Hall–Kier alpha value is -2.83. The standard InChI is InChI=1S/C14H13N3O4/c18-13-4-2-10(16-17-13)14(19)15-6-5-9-1-3-11-12(7-9)21-8-20-11/h1-4,7H,5-6,8H2,(H,15,19)(H,17,18). The van der Waals surface area contributed by atoms with Crippen LogP contribution in [0.1, 0.15) is 16.1 Å². The number of aromatic amines is 1. The normalized spacial score (nSPS) is 12.2. The first-order valence-electron chi connectivity index (χ1n) is 6.45. The molecular weight excluding hydrogens is 274 g/mol. The fraction of sp³-hybridized carbons (Fsp3) is 0.214. The van der Waals surface area contributed by atoms with Gasteiger partial charge in [0.2, 0.25) is 6.79 Å². The maximum Gasteiger partial charge on any atom is 0.271 e. The predicted octanol–water partition coefficient (Wildman–Crippen LogP) is 0.471. The van der Waals surface area contributed by atoms with Crippen molar-refractivity contribution in [2.45, 2.75) is 6.42 Å². The molecule has 0 aliphatic carbocycles. The lowest BCUT2D eigenvalue weighted by molar-refractivity contribution is 0.0948. The van der Waals surface area contributed by atoms with Crippen molar-refractivity contribution < 1.29 is 14.3 Å². The first-order valence-corrected chi connectivity index (χ1v) is 6.45.